The lowest BCUT2D eigenvalue weighted by Gasteiger charge is -2.33. The van der Waals surface area contributed by atoms with E-state index in [0.29, 0.717) is 13.0 Å². The first-order chi connectivity index (χ1) is 12.0. The van der Waals surface area contributed by atoms with Gasteiger partial charge in [-0.25, -0.2) is 0 Å². The Kier molecular flexibility index (Phi) is 5.16. The molecule has 2 aliphatic heterocycles. The fourth-order valence-electron chi connectivity index (χ4n) is 3.84. The van der Waals surface area contributed by atoms with Crippen LogP contribution in [0.15, 0.2) is 18.2 Å². The quantitative estimate of drug-likeness (QED) is 0.839. The molecule has 2 saturated heterocycles. The van der Waals surface area contributed by atoms with Crippen LogP contribution in [0.25, 0.3) is 0 Å². The van der Waals surface area contributed by atoms with Gasteiger partial charge in [0.15, 0.2) is 0 Å². The summed E-state index contributed by atoms with van der Waals surface area (Å²) in [7, 11) is 5.07. The molecule has 1 aromatic rings. The Morgan fingerprint density at radius 1 is 1.16 bits per heavy atom. The third-order valence-corrected chi connectivity index (χ3v) is 5.34. The number of carbonyl (C=O) groups excluding carboxylic acids is 2. The minimum Gasteiger partial charge on any atom is -0.497 e. The van der Waals surface area contributed by atoms with Crippen LogP contribution in [-0.2, 0) is 9.59 Å². The van der Waals surface area contributed by atoms with Gasteiger partial charge in [0.2, 0.25) is 11.8 Å². The molecule has 1 aromatic carbocycles. The molecule has 0 N–H and O–H groups in total. The summed E-state index contributed by atoms with van der Waals surface area (Å²) in [4.78, 5) is 28.7. The Hall–Kier alpha value is -2.24. The fourth-order valence-corrected chi connectivity index (χ4v) is 3.84. The monoisotopic (exact) mass is 346 g/mol. The highest BCUT2D eigenvalue weighted by Crippen LogP contribution is 2.40. The lowest BCUT2D eigenvalue weighted by Crippen LogP contribution is -2.43. The van der Waals surface area contributed by atoms with E-state index < -0.39 is 0 Å². The Bertz CT molecular complexity index is 661. The lowest BCUT2D eigenvalue weighted by molar-refractivity contribution is -0.145. The molecule has 2 heterocycles. The molecule has 0 aliphatic carbocycles. The predicted molar refractivity (Wildman–Crippen MR) is 93.6 cm³/mol. The number of hydrogen-bond acceptors (Lipinski definition) is 4. The fraction of sp³-hybridized carbons (Fsp3) is 0.579. The predicted octanol–water partition coefficient (Wildman–Crippen LogP) is 2.24. The van der Waals surface area contributed by atoms with Crippen molar-refractivity contribution in [1.29, 1.82) is 0 Å². The molecule has 6 heteroatoms. The molecule has 0 spiro atoms. The van der Waals surface area contributed by atoms with Crippen molar-refractivity contribution in [2.45, 2.75) is 31.7 Å². The standard InChI is InChI=1S/C19H26N2O4/c1-20-10-8-13(11-18(20)22)19(23)21-9-4-5-16(21)15-12-14(24-2)6-7-17(15)25-3/h6-7,12-13,16H,4-5,8-11H2,1-3H3/t13-,16+/m1/s1. The molecule has 2 aliphatic rings. The maximum Gasteiger partial charge on any atom is 0.226 e. The maximum atomic E-state index is 13.1. The Morgan fingerprint density at radius 2 is 1.96 bits per heavy atom. The number of hydrogen-bond donors (Lipinski definition) is 0. The van der Waals surface area contributed by atoms with Crippen LogP contribution in [0, 0.1) is 5.92 Å². The van der Waals surface area contributed by atoms with Crippen molar-refractivity contribution in [1.82, 2.24) is 9.80 Å². The first-order valence-corrected chi connectivity index (χ1v) is 8.81. The number of carbonyl (C=O) groups is 2. The van der Waals surface area contributed by atoms with E-state index in [4.69, 9.17) is 9.47 Å². The van der Waals surface area contributed by atoms with Crippen LogP contribution in [0.3, 0.4) is 0 Å². The van der Waals surface area contributed by atoms with Crippen LogP contribution in [0.5, 0.6) is 11.5 Å². The molecule has 3 rings (SSSR count). The molecule has 0 radical (unpaired) electrons. The molecular weight excluding hydrogens is 320 g/mol. The molecule has 6 nitrogen and oxygen atoms in total. The molecule has 25 heavy (non-hydrogen) atoms. The zero-order chi connectivity index (χ0) is 18.0. The lowest BCUT2D eigenvalue weighted by atomic mass is 9.94. The van der Waals surface area contributed by atoms with Crippen LogP contribution < -0.4 is 9.47 Å². The van der Waals surface area contributed by atoms with Gasteiger partial charge in [0, 0.05) is 38.0 Å². The SMILES string of the molecule is COc1ccc(OC)c([C@@H]2CCCN2C(=O)[C@@H]2CCN(C)C(=O)C2)c1. The van der Waals surface area contributed by atoms with E-state index in [2.05, 4.69) is 0 Å². The summed E-state index contributed by atoms with van der Waals surface area (Å²) in [5, 5.41) is 0. The highest BCUT2D eigenvalue weighted by Gasteiger charge is 2.38. The number of rotatable bonds is 4. The Balaban J connectivity index is 1.83. The van der Waals surface area contributed by atoms with Crippen molar-refractivity contribution >= 4 is 11.8 Å². The summed E-state index contributed by atoms with van der Waals surface area (Å²) in [5.41, 5.74) is 0.979. The third kappa shape index (κ3) is 3.43. The summed E-state index contributed by atoms with van der Waals surface area (Å²) < 4.78 is 10.9. The summed E-state index contributed by atoms with van der Waals surface area (Å²) in [6.07, 6.45) is 2.90. The second-order valence-corrected chi connectivity index (χ2v) is 6.80. The zero-order valence-electron chi connectivity index (χ0n) is 15.2. The van der Waals surface area contributed by atoms with Gasteiger partial charge in [-0.1, -0.05) is 0 Å². The summed E-state index contributed by atoms with van der Waals surface area (Å²) in [6.45, 7) is 1.38. The van der Waals surface area contributed by atoms with Gasteiger partial charge in [-0.05, 0) is 37.5 Å². The summed E-state index contributed by atoms with van der Waals surface area (Å²) >= 11 is 0. The van der Waals surface area contributed by atoms with E-state index >= 15 is 0 Å². The van der Waals surface area contributed by atoms with E-state index in [-0.39, 0.29) is 23.8 Å². The minimum atomic E-state index is -0.207. The van der Waals surface area contributed by atoms with Crippen molar-refractivity contribution in [2.75, 3.05) is 34.4 Å². The van der Waals surface area contributed by atoms with Crippen LogP contribution >= 0.6 is 0 Å². The molecule has 2 fully saturated rings. The smallest absolute Gasteiger partial charge is 0.226 e. The largest absolute Gasteiger partial charge is 0.497 e. The topological polar surface area (TPSA) is 59.1 Å². The highest BCUT2D eigenvalue weighted by atomic mass is 16.5. The number of likely N-dealkylation sites (tertiary alicyclic amines) is 2. The van der Waals surface area contributed by atoms with Gasteiger partial charge in [0.25, 0.3) is 0 Å². The van der Waals surface area contributed by atoms with Crippen LogP contribution in [0.2, 0.25) is 0 Å². The molecular formula is C19H26N2O4. The third-order valence-electron chi connectivity index (χ3n) is 5.34. The van der Waals surface area contributed by atoms with Gasteiger partial charge in [-0.3, -0.25) is 9.59 Å². The van der Waals surface area contributed by atoms with Gasteiger partial charge < -0.3 is 19.3 Å². The highest BCUT2D eigenvalue weighted by molar-refractivity contribution is 5.87. The molecule has 2 amide bonds. The van der Waals surface area contributed by atoms with Gasteiger partial charge >= 0.3 is 0 Å². The van der Waals surface area contributed by atoms with Gasteiger partial charge in [-0.15, -0.1) is 0 Å². The second-order valence-electron chi connectivity index (χ2n) is 6.80. The van der Waals surface area contributed by atoms with Gasteiger partial charge in [0.05, 0.1) is 20.3 Å². The van der Waals surface area contributed by atoms with Crippen LogP contribution in [-0.4, -0.2) is 56.0 Å². The first-order valence-electron chi connectivity index (χ1n) is 8.81. The molecule has 2 atom stereocenters. The van der Waals surface area contributed by atoms with Crippen LogP contribution in [0.4, 0.5) is 0 Å². The van der Waals surface area contributed by atoms with E-state index in [1.807, 2.05) is 23.1 Å². The Labute approximate surface area is 148 Å². The number of nitrogens with zero attached hydrogens (tertiary/aromatic N) is 2. The van der Waals surface area contributed by atoms with Crippen molar-refractivity contribution in [3.05, 3.63) is 23.8 Å². The van der Waals surface area contributed by atoms with E-state index in [9.17, 15) is 9.59 Å². The number of methoxy groups -OCH3 is 2. The number of benzene rings is 1. The summed E-state index contributed by atoms with van der Waals surface area (Å²) in [5.74, 6) is 1.46. The minimum absolute atomic E-state index is 0.0210. The van der Waals surface area contributed by atoms with Crippen molar-refractivity contribution in [2.24, 2.45) is 5.92 Å². The molecule has 0 unspecified atom stereocenters. The van der Waals surface area contributed by atoms with Crippen molar-refractivity contribution in [3.8, 4) is 11.5 Å². The molecule has 0 aromatic heterocycles. The molecule has 0 saturated carbocycles. The first kappa shape index (κ1) is 17.6. The van der Waals surface area contributed by atoms with Crippen molar-refractivity contribution in [3.63, 3.8) is 0 Å². The maximum absolute atomic E-state index is 13.1. The number of piperidine rings is 1. The number of amides is 2. The van der Waals surface area contributed by atoms with E-state index in [0.717, 1.165) is 42.9 Å². The number of ether oxygens (including phenoxy) is 2. The van der Waals surface area contributed by atoms with E-state index in [1.165, 1.54) is 0 Å². The van der Waals surface area contributed by atoms with Gasteiger partial charge in [-0.2, -0.15) is 0 Å². The van der Waals surface area contributed by atoms with Gasteiger partial charge in [0.1, 0.15) is 11.5 Å². The second kappa shape index (κ2) is 7.33. The average molecular weight is 346 g/mol. The normalized spacial score (nSPS) is 23.7. The average Bonchev–Trinajstić information content (AvgIpc) is 3.12. The zero-order valence-corrected chi connectivity index (χ0v) is 15.2. The molecule has 136 valence electrons. The Morgan fingerprint density at radius 3 is 2.64 bits per heavy atom. The van der Waals surface area contributed by atoms with Crippen LogP contribution in [0.1, 0.15) is 37.3 Å². The summed E-state index contributed by atoms with van der Waals surface area (Å²) in [6, 6.07) is 5.68. The molecule has 0 bridgehead atoms. The van der Waals surface area contributed by atoms with Crippen molar-refractivity contribution < 1.29 is 19.1 Å². The van der Waals surface area contributed by atoms with E-state index in [1.54, 1.807) is 26.2 Å².